The lowest BCUT2D eigenvalue weighted by atomic mass is 10.0. The van der Waals surface area contributed by atoms with Crippen LogP contribution in [-0.4, -0.2) is 17.9 Å². The van der Waals surface area contributed by atoms with Gasteiger partial charge in [0.2, 0.25) is 5.91 Å². The third-order valence-electron chi connectivity index (χ3n) is 4.08. The topological polar surface area (TPSA) is 58.2 Å². The van der Waals surface area contributed by atoms with Crippen molar-refractivity contribution < 1.29 is 18.4 Å². The van der Waals surface area contributed by atoms with Gasteiger partial charge in [0.1, 0.15) is 17.7 Å². The smallest absolute Gasteiger partial charge is 0.254 e. The molecule has 2 atom stereocenters. The van der Waals surface area contributed by atoms with Gasteiger partial charge in [0.05, 0.1) is 11.6 Å². The fourth-order valence-corrected chi connectivity index (χ4v) is 2.54. The summed E-state index contributed by atoms with van der Waals surface area (Å²) in [5, 5.41) is 5.39. The summed E-state index contributed by atoms with van der Waals surface area (Å²) in [5.74, 6) is -2.24. The van der Waals surface area contributed by atoms with Gasteiger partial charge < -0.3 is 10.6 Å². The largest absolute Gasteiger partial charge is 0.348 e. The Morgan fingerprint density at radius 2 is 1.50 bits per heavy atom. The highest BCUT2D eigenvalue weighted by Crippen LogP contribution is 2.14. The highest BCUT2D eigenvalue weighted by molar-refractivity contribution is 5.97. The molecule has 0 aromatic heterocycles. The summed E-state index contributed by atoms with van der Waals surface area (Å²) in [6, 6.07) is 10.2. The second-order valence-electron chi connectivity index (χ2n) is 6.46. The minimum atomic E-state index is -0.829. The van der Waals surface area contributed by atoms with Gasteiger partial charge in [-0.15, -0.1) is 0 Å². The number of amides is 2. The molecule has 2 aromatic carbocycles. The summed E-state index contributed by atoms with van der Waals surface area (Å²) in [7, 11) is 0. The van der Waals surface area contributed by atoms with Crippen molar-refractivity contribution in [3.8, 4) is 0 Å². The Morgan fingerprint density at radius 3 is 2.08 bits per heavy atom. The van der Waals surface area contributed by atoms with Crippen molar-refractivity contribution in [2.75, 3.05) is 0 Å². The van der Waals surface area contributed by atoms with Crippen LogP contribution >= 0.6 is 0 Å². The summed E-state index contributed by atoms with van der Waals surface area (Å²) in [6.45, 7) is 5.34. The van der Waals surface area contributed by atoms with Gasteiger partial charge in [0.25, 0.3) is 5.91 Å². The van der Waals surface area contributed by atoms with Crippen molar-refractivity contribution in [3.63, 3.8) is 0 Å². The molecule has 2 rings (SSSR count). The van der Waals surface area contributed by atoms with Crippen molar-refractivity contribution in [2.24, 2.45) is 5.92 Å². The molecule has 2 amide bonds. The zero-order valence-electron chi connectivity index (χ0n) is 14.9. The molecule has 6 heteroatoms. The predicted octanol–water partition coefficient (Wildman–Crippen LogP) is 3.60. The first-order valence-corrected chi connectivity index (χ1v) is 8.41. The summed E-state index contributed by atoms with van der Waals surface area (Å²) >= 11 is 0. The van der Waals surface area contributed by atoms with E-state index in [1.165, 1.54) is 30.3 Å². The quantitative estimate of drug-likeness (QED) is 0.827. The number of carbonyl (C=O) groups is 2. The first-order valence-electron chi connectivity index (χ1n) is 8.41. The Balaban J connectivity index is 2.08. The van der Waals surface area contributed by atoms with E-state index >= 15 is 0 Å². The predicted molar refractivity (Wildman–Crippen MR) is 95.4 cm³/mol. The van der Waals surface area contributed by atoms with Crippen molar-refractivity contribution in [1.82, 2.24) is 10.6 Å². The van der Waals surface area contributed by atoms with E-state index in [9.17, 15) is 18.4 Å². The maximum Gasteiger partial charge on any atom is 0.254 e. The number of halogens is 2. The van der Waals surface area contributed by atoms with E-state index in [2.05, 4.69) is 10.6 Å². The van der Waals surface area contributed by atoms with Crippen LogP contribution in [0.15, 0.2) is 48.5 Å². The molecular weight excluding hydrogens is 338 g/mol. The maximum atomic E-state index is 13.8. The van der Waals surface area contributed by atoms with E-state index in [1.54, 1.807) is 39.0 Å². The Labute approximate surface area is 151 Å². The van der Waals surface area contributed by atoms with Gasteiger partial charge in [-0.2, -0.15) is 0 Å². The van der Waals surface area contributed by atoms with Crippen LogP contribution < -0.4 is 10.6 Å². The molecule has 0 unspecified atom stereocenters. The number of rotatable bonds is 6. The van der Waals surface area contributed by atoms with Crippen molar-refractivity contribution in [1.29, 1.82) is 0 Å². The van der Waals surface area contributed by atoms with Crippen LogP contribution in [0.2, 0.25) is 0 Å². The van der Waals surface area contributed by atoms with Crippen LogP contribution in [0, 0.1) is 17.6 Å². The minimum Gasteiger partial charge on any atom is -0.348 e. The highest BCUT2D eigenvalue weighted by Gasteiger charge is 2.26. The molecule has 2 aromatic rings. The number of nitrogens with one attached hydrogen (secondary N) is 2. The van der Waals surface area contributed by atoms with Gasteiger partial charge >= 0.3 is 0 Å². The van der Waals surface area contributed by atoms with Gasteiger partial charge in [-0.1, -0.05) is 38.1 Å². The molecule has 0 heterocycles. The molecule has 0 radical (unpaired) electrons. The van der Waals surface area contributed by atoms with Crippen molar-refractivity contribution >= 4 is 11.8 Å². The second kappa shape index (κ2) is 8.56. The van der Waals surface area contributed by atoms with E-state index in [0.717, 1.165) is 5.56 Å². The van der Waals surface area contributed by atoms with Crippen LogP contribution in [0.1, 0.15) is 42.7 Å². The molecule has 2 N–H and O–H groups in total. The van der Waals surface area contributed by atoms with Gasteiger partial charge in [-0.3, -0.25) is 9.59 Å². The lowest BCUT2D eigenvalue weighted by Crippen LogP contribution is -2.50. The molecule has 4 nitrogen and oxygen atoms in total. The normalized spacial score (nSPS) is 13.2. The third-order valence-corrected chi connectivity index (χ3v) is 4.08. The monoisotopic (exact) mass is 360 g/mol. The molecule has 0 aliphatic rings. The lowest BCUT2D eigenvalue weighted by molar-refractivity contribution is -0.124. The zero-order chi connectivity index (χ0) is 19.3. The standard InChI is InChI=1S/C20H22F2N2O2/c1-12(2)18(24-19(25)16-6-4-5-7-17(16)22)20(26)23-13(3)14-8-10-15(21)11-9-14/h4-13,18H,1-3H3,(H,23,26)(H,24,25)/t13-,18-/m0/s1. The second-order valence-corrected chi connectivity index (χ2v) is 6.46. The highest BCUT2D eigenvalue weighted by atomic mass is 19.1. The molecule has 26 heavy (non-hydrogen) atoms. The van der Waals surface area contributed by atoms with Crippen LogP contribution in [0.25, 0.3) is 0 Å². The average Bonchev–Trinajstić information content (AvgIpc) is 2.59. The lowest BCUT2D eigenvalue weighted by Gasteiger charge is -2.24. The average molecular weight is 360 g/mol. The SMILES string of the molecule is CC(C)[C@H](NC(=O)c1ccccc1F)C(=O)N[C@@H](C)c1ccc(F)cc1. The Bertz CT molecular complexity index is 776. The van der Waals surface area contributed by atoms with Crippen molar-refractivity contribution in [2.45, 2.75) is 32.9 Å². The van der Waals surface area contributed by atoms with Gasteiger partial charge in [0.15, 0.2) is 0 Å². The van der Waals surface area contributed by atoms with Crippen LogP contribution in [-0.2, 0) is 4.79 Å². The molecular formula is C20H22F2N2O2. The third kappa shape index (κ3) is 4.88. The molecule has 138 valence electrons. The first-order chi connectivity index (χ1) is 12.3. The van der Waals surface area contributed by atoms with E-state index in [4.69, 9.17) is 0 Å². The van der Waals surface area contributed by atoms with E-state index in [-0.39, 0.29) is 29.2 Å². The van der Waals surface area contributed by atoms with Crippen LogP contribution in [0.3, 0.4) is 0 Å². The fourth-order valence-electron chi connectivity index (χ4n) is 2.54. The molecule has 0 aliphatic heterocycles. The summed E-state index contributed by atoms with van der Waals surface area (Å²) in [6.07, 6.45) is 0. The first kappa shape index (κ1) is 19.6. The zero-order valence-corrected chi connectivity index (χ0v) is 14.9. The summed E-state index contributed by atoms with van der Waals surface area (Å²) in [4.78, 5) is 24.9. The van der Waals surface area contributed by atoms with E-state index in [0.29, 0.717) is 0 Å². The fraction of sp³-hybridized carbons (Fsp3) is 0.300. The van der Waals surface area contributed by atoms with Crippen molar-refractivity contribution in [3.05, 3.63) is 71.3 Å². The number of carbonyl (C=O) groups excluding carboxylic acids is 2. The minimum absolute atomic E-state index is 0.113. The molecule has 0 fully saturated rings. The number of hydrogen-bond donors (Lipinski definition) is 2. The van der Waals surface area contributed by atoms with E-state index in [1.807, 2.05) is 0 Å². The summed E-state index contributed by atoms with van der Waals surface area (Å²) in [5.41, 5.74) is 0.625. The van der Waals surface area contributed by atoms with Gasteiger partial charge in [-0.25, -0.2) is 8.78 Å². The van der Waals surface area contributed by atoms with E-state index < -0.39 is 17.8 Å². The number of benzene rings is 2. The van der Waals surface area contributed by atoms with Crippen LogP contribution in [0.5, 0.6) is 0 Å². The summed E-state index contributed by atoms with van der Waals surface area (Å²) < 4.78 is 26.8. The molecule has 0 saturated heterocycles. The molecule has 0 spiro atoms. The Hall–Kier alpha value is -2.76. The Morgan fingerprint density at radius 1 is 0.885 bits per heavy atom. The van der Waals surface area contributed by atoms with Gasteiger partial charge in [0, 0.05) is 0 Å². The molecule has 0 aliphatic carbocycles. The number of hydrogen-bond acceptors (Lipinski definition) is 2. The Kier molecular flexibility index (Phi) is 6.44. The van der Waals surface area contributed by atoms with Gasteiger partial charge in [-0.05, 0) is 42.7 Å². The molecule has 0 saturated carbocycles. The van der Waals surface area contributed by atoms with Crippen LogP contribution in [0.4, 0.5) is 8.78 Å². The maximum absolute atomic E-state index is 13.8. The molecule has 0 bridgehead atoms.